The van der Waals surface area contributed by atoms with E-state index in [0.717, 1.165) is 6.42 Å². The van der Waals surface area contributed by atoms with Gasteiger partial charge in [-0.2, -0.15) is 0 Å². The van der Waals surface area contributed by atoms with Crippen molar-refractivity contribution in [3.05, 3.63) is 94.2 Å². The van der Waals surface area contributed by atoms with E-state index in [4.69, 9.17) is 4.43 Å². The Balaban J connectivity index is 0.000000791. The number of halogens is 2. The zero-order valence-corrected chi connectivity index (χ0v) is 30.8. The van der Waals surface area contributed by atoms with E-state index < -0.39 is 17.1 Å². The molecular formula is C31H38Cl2OSi3Zr-. The second-order valence-electron chi connectivity index (χ2n) is 11.2. The van der Waals surface area contributed by atoms with Crippen LogP contribution in [0, 0.1) is 0 Å². The molecule has 4 aromatic rings. The predicted molar refractivity (Wildman–Crippen MR) is 161 cm³/mol. The van der Waals surface area contributed by atoms with Crippen molar-refractivity contribution in [3.63, 3.8) is 0 Å². The number of rotatable bonds is 5. The van der Waals surface area contributed by atoms with Crippen LogP contribution < -0.4 is 24.8 Å². The SMILES string of the molecule is CCc1cccc2c1C(O[Si](C)(C)C)=C([Si](C)C)C2c1cccc2c1[cH-]c1ccccc12.C[Si](C)=[Zr+2].[Cl-].[Cl-]. The molecule has 4 aromatic carbocycles. The summed E-state index contributed by atoms with van der Waals surface area (Å²) >= 11 is 1.74. The number of aryl methyl sites for hydroxylation is 1. The van der Waals surface area contributed by atoms with Gasteiger partial charge in [0.15, 0.2) is 0 Å². The first-order valence-corrected chi connectivity index (χ1v) is 25.1. The van der Waals surface area contributed by atoms with Gasteiger partial charge in [0.1, 0.15) is 5.76 Å². The molecule has 0 bridgehead atoms. The average molecular weight is 673 g/mol. The summed E-state index contributed by atoms with van der Waals surface area (Å²) in [7, 11) is -2.51. The predicted octanol–water partition coefficient (Wildman–Crippen LogP) is 3.07. The molecular weight excluding hydrogens is 635 g/mol. The third-order valence-corrected chi connectivity index (χ3v) is 8.99. The van der Waals surface area contributed by atoms with Crippen molar-refractivity contribution in [1.29, 1.82) is 0 Å². The van der Waals surface area contributed by atoms with E-state index in [2.05, 4.69) is 119 Å². The van der Waals surface area contributed by atoms with E-state index in [1.807, 2.05) is 0 Å². The molecule has 0 N–H and O–H groups in total. The molecule has 1 aliphatic carbocycles. The number of hydrogen-bond acceptors (Lipinski definition) is 1. The third kappa shape index (κ3) is 6.90. The number of hydrogen-bond donors (Lipinski definition) is 0. The molecule has 1 unspecified atom stereocenters. The number of fused-ring (bicyclic) bond motifs is 4. The monoisotopic (exact) mass is 670 g/mol. The van der Waals surface area contributed by atoms with Gasteiger partial charge in [-0.25, -0.2) is 0 Å². The first-order chi connectivity index (χ1) is 17.0. The second-order valence-corrected chi connectivity index (χ2v) is 27.5. The van der Waals surface area contributed by atoms with Crippen LogP contribution in [0.1, 0.15) is 35.1 Å². The van der Waals surface area contributed by atoms with Crippen LogP contribution in [0.4, 0.5) is 0 Å². The molecule has 7 heteroatoms. The minimum Gasteiger partial charge on any atom is -1.00 e. The van der Waals surface area contributed by atoms with Crippen LogP contribution in [0.15, 0.2) is 71.9 Å². The topological polar surface area (TPSA) is 9.23 Å². The minimum absolute atomic E-state index is 0. The van der Waals surface area contributed by atoms with Crippen molar-refractivity contribution in [2.24, 2.45) is 0 Å². The zero-order chi connectivity index (χ0) is 26.2. The van der Waals surface area contributed by atoms with Crippen LogP contribution in [0.3, 0.4) is 0 Å². The van der Waals surface area contributed by atoms with Crippen LogP contribution in [0.5, 0.6) is 0 Å². The van der Waals surface area contributed by atoms with Gasteiger partial charge in [0.2, 0.25) is 8.32 Å². The van der Waals surface area contributed by atoms with Gasteiger partial charge in [-0.15, -0.1) is 33.7 Å². The summed E-state index contributed by atoms with van der Waals surface area (Å²) < 4.78 is 6.91. The molecule has 0 aromatic heterocycles. The molecule has 0 heterocycles. The Morgan fingerprint density at radius 1 is 0.842 bits per heavy atom. The van der Waals surface area contributed by atoms with Gasteiger partial charge in [0.25, 0.3) is 0 Å². The molecule has 199 valence electrons. The Kier molecular flexibility index (Phi) is 12.0. The standard InChI is InChI=1S/C29H32OSi2.C2H6Si.2ClH.Zr/c1-7-19-13-10-17-24-26(19)28(30-32(4,5)6)29(31(2)3)27(24)23-16-11-15-22-21-14-9-8-12-20(21)18-25(22)23;1-3-2;;;/h8-18,27H,7H2,1-6H3;1-2H3;2*1H;/q-1;;;;+2/p-2. The van der Waals surface area contributed by atoms with Crippen LogP contribution in [-0.4, -0.2) is 22.5 Å². The normalized spacial score (nSPS) is 14.6. The van der Waals surface area contributed by atoms with Gasteiger partial charge in [-0.1, -0.05) is 80.2 Å². The van der Waals surface area contributed by atoms with Crippen LogP contribution >= 0.6 is 0 Å². The minimum atomic E-state index is -1.77. The van der Waals surface area contributed by atoms with E-state index >= 15 is 0 Å². The molecule has 0 saturated carbocycles. The summed E-state index contributed by atoms with van der Waals surface area (Å²) in [5.74, 6) is 1.50. The first-order valence-electron chi connectivity index (χ1n) is 13.0. The smallest absolute Gasteiger partial charge is 1.00 e. The van der Waals surface area contributed by atoms with Crippen LogP contribution in [0.25, 0.3) is 27.3 Å². The van der Waals surface area contributed by atoms with E-state index in [1.54, 1.807) is 28.5 Å². The van der Waals surface area contributed by atoms with Gasteiger partial charge >= 0.3 is 41.9 Å². The van der Waals surface area contributed by atoms with Crippen LogP contribution in [0.2, 0.25) is 45.8 Å². The quantitative estimate of drug-likeness (QED) is 0.234. The molecule has 0 spiro atoms. The maximum atomic E-state index is 6.91. The summed E-state index contributed by atoms with van der Waals surface area (Å²) in [6, 6.07) is 25.0. The van der Waals surface area contributed by atoms with Gasteiger partial charge < -0.3 is 29.2 Å². The average Bonchev–Trinajstić information content (AvgIpc) is 3.33. The molecule has 1 radical (unpaired) electrons. The number of benzene rings is 3. The Hall–Kier alpha value is -0.816. The van der Waals surface area contributed by atoms with Crippen molar-refractivity contribution >= 4 is 49.9 Å². The van der Waals surface area contributed by atoms with E-state index in [9.17, 15) is 0 Å². The molecule has 1 atom stereocenters. The van der Waals surface area contributed by atoms with Gasteiger partial charge in [-0.05, 0) is 42.4 Å². The summed E-state index contributed by atoms with van der Waals surface area (Å²) in [4.78, 5) is 0. The van der Waals surface area contributed by atoms with Crippen molar-refractivity contribution in [2.45, 2.75) is 65.1 Å². The number of allylic oxidation sites excluding steroid dienone is 1. The van der Waals surface area contributed by atoms with Crippen molar-refractivity contribution < 1.29 is 52.6 Å². The summed E-state index contributed by atoms with van der Waals surface area (Å²) in [5, 5.41) is 6.99. The Bertz CT molecular complexity index is 1460. The second kappa shape index (κ2) is 13.7. The maximum Gasteiger partial charge on any atom is -1.00 e. The van der Waals surface area contributed by atoms with Crippen LogP contribution in [-0.2, 0) is 34.2 Å². The van der Waals surface area contributed by atoms with E-state index in [-0.39, 0.29) is 36.2 Å². The van der Waals surface area contributed by atoms with Gasteiger partial charge in [0, 0.05) is 11.5 Å². The zero-order valence-electron chi connectivity index (χ0n) is 23.8. The van der Waals surface area contributed by atoms with Crippen molar-refractivity contribution in [2.75, 3.05) is 0 Å². The fourth-order valence-corrected chi connectivity index (χ4v) is 7.80. The molecule has 38 heavy (non-hydrogen) atoms. The summed E-state index contributed by atoms with van der Waals surface area (Å²) in [6.07, 6.45) is 1.03. The third-order valence-electron chi connectivity index (χ3n) is 6.58. The molecule has 5 rings (SSSR count). The van der Waals surface area contributed by atoms with Crippen molar-refractivity contribution in [3.8, 4) is 0 Å². The van der Waals surface area contributed by atoms with E-state index in [1.165, 1.54) is 49.6 Å². The molecule has 1 aliphatic rings. The molecule has 0 amide bonds. The summed E-state index contributed by atoms with van der Waals surface area (Å²) in [5.41, 5.74) is 5.89. The maximum absolute atomic E-state index is 6.91. The molecule has 0 saturated heterocycles. The van der Waals surface area contributed by atoms with E-state index in [0.29, 0.717) is 0 Å². The molecule has 0 aliphatic heterocycles. The molecule has 0 fully saturated rings. The Labute approximate surface area is 259 Å². The fourth-order valence-electron chi connectivity index (χ4n) is 5.36. The summed E-state index contributed by atoms with van der Waals surface area (Å²) in [6.45, 7) is 18.7. The van der Waals surface area contributed by atoms with Gasteiger partial charge in [0.05, 0.1) is 8.80 Å². The largest absolute Gasteiger partial charge is 1.00 e. The Morgan fingerprint density at radius 2 is 1.42 bits per heavy atom. The fraction of sp³-hybridized carbons (Fsp3) is 0.323. The van der Waals surface area contributed by atoms with Gasteiger partial charge in [-0.3, -0.25) is 0 Å². The first kappa shape index (κ1) is 33.4. The molecule has 1 nitrogen and oxygen atoms in total. The van der Waals surface area contributed by atoms with Crippen molar-refractivity contribution in [1.82, 2.24) is 0 Å². The Morgan fingerprint density at radius 3 is 2.03 bits per heavy atom.